The van der Waals surface area contributed by atoms with Crippen molar-refractivity contribution in [2.45, 2.75) is 121 Å². The molecule has 68 heavy (non-hydrogen) atoms. The first kappa shape index (κ1) is 39.7. The fraction of sp³-hybridized carbons (Fsp3) is 0.328. The molecule has 2 saturated carbocycles. The monoisotopic (exact) mass is 885 g/mol. The van der Waals surface area contributed by atoms with Crippen LogP contribution in [-0.4, -0.2) is 14.8 Å². The molecule has 7 aliphatic rings. The van der Waals surface area contributed by atoms with Crippen LogP contribution in [0.15, 0.2) is 122 Å². The lowest BCUT2D eigenvalue weighted by Gasteiger charge is -2.28. The molecule has 4 bridgehead atoms. The zero-order valence-corrected chi connectivity index (χ0v) is 39.3. The highest BCUT2D eigenvalue weighted by Gasteiger charge is 2.39. The van der Waals surface area contributed by atoms with Crippen LogP contribution in [-0.2, 0) is 0 Å². The second kappa shape index (κ2) is 14.9. The molecule has 336 valence electrons. The van der Waals surface area contributed by atoms with Gasteiger partial charge in [0.05, 0.1) is 33.3 Å². The molecule has 5 aliphatic carbocycles. The van der Waals surface area contributed by atoms with E-state index in [9.17, 15) is 4.79 Å². The number of hydrogen-bond donors (Lipinski definition) is 1. The Hall–Kier alpha value is -6.23. The molecule has 4 nitrogen and oxygen atoms in total. The number of rotatable bonds is 5. The fourth-order valence-electron chi connectivity index (χ4n) is 15.3. The van der Waals surface area contributed by atoms with E-state index in [1.54, 1.807) is 0 Å². The predicted octanol–water partition coefficient (Wildman–Crippen LogP) is 16.7. The first-order chi connectivity index (χ1) is 33.5. The number of nitrogens with one attached hydrogen (secondary N) is 1. The van der Waals surface area contributed by atoms with Crippen LogP contribution in [0.4, 0.5) is 0 Å². The first-order valence-electron chi connectivity index (χ1n) is 26.3. The van der Waals surface area contributed by atoms with E-state index in [1.165, 1.54) is 167 Å². The van der Waals surface area contributed by atoms with Gasteiger partial charge in [0, 0.05) is 61.5 Å². The van der Waals surface area contributed by atoms with Crippen molar-refractivity contribution in [2.24, 2.45) is 11.8 Å². The van der Waals surface area contributed by atoms with Crippen LogP contribution < -0.4 is 5.32 Å². The van der Waals surface area contributed by atoms with E-state index in [2.05, 4.69) is 143 Å². The molecular weight excluding hydrogens is 827 g/mol. The highest BCUT2D eigenvalue weighted by Crippen LogP contribution is 2.55. The Morgan fingerprint density at radius 2 is 1.29 bits per heavy atom. The zero-order valence-electron chi connectivity index (χ0n) is 39.3. The number of carbonyl (C=O) groups is 1. The standard InChI is InChI=1S/C64H59N3O/c1-3-37-21-23-40(24-22-37)46-32-48-49-34-52-59-55(30-29-45-53-19-10-11-20-54(65-53)58(45)59)67(61-43(38-13-6-4-7-14-38)17-12-18-44(61)39-15-8-5-9-16-39)63(52)60-51-33-47-41-25-27-42(28-26-41)64(68)50(47)35-57(51)66(62(49)60)56(48)31-36(46)2/h3-9,13-17,29-35,37,40-42,53-54,65H,1,10-12,18-28H2,2H3. The third-order valence-corrected chi connectivity index (χ3v) is 18.5. The van der Waals surface area contributed by atoms with Crippen molar-refractivity contribution >= 4 is 82.5 Å². The minimum absolute atomic E-state index is 0.142. The summed E-state index contributed by atoms with van der Waals surface area (Å²) < 4.78 is 5.39. The van der Waals surface area contributed by atoms with Crippen LogP contribution in [0.25, 0.3) is 76.7 Å². The van der Waals surface area contributed by atoms with Gasteiger partial charge in [-0.1, -0.05) is 91.7 Å². The number of ketones is 1. The molecule has 4 heteroatoms. The van der Waals surface area contributed by atoms with Gasteiger partial charge in [-0.15, -0.1) is 6.58 Å². The van der Waals surface area contributed by atoms with Crippen LogP contribution in [0.3, 0.4) is 0 Å². The normalized spacial score (nSPS) is 25.0. The number of aryl methyl sites for hydroxylation is 1. The maximum atomic E-state index is 14.6. The maximum Gasteiger partial charge on any atom is 0.166 e. The van der Waals surface area contributed by atoms with Gasteiger partial charge in [0.15, 0.2) is 5.78 Å². The van der Waals surface area contributed by atoms with E-state index in [0.29, 0.717) is 35.6 Å². The van der Waals surface area contributed by atoms with Gasteiger partial charge in [-0.3, -0.25) is 4.79 Å². The third-order valence-electron chi connectivity index (χ3n) is 18.5. The van der Waals surface area contributed by atoms with E-state index < -0.39 is 0 Å². The lowest BCUT2D eigenvalue weighted by atomic mass is 9.77. The summed E-state index contributed by atoms with van der Waals surface area (Å²) in [7, 11) is 0. The van der Waals surface area contributed by atoms with Crippen molar-refractivity contribution in [3.05, 3.63) is 166 Å². The topological polar surface area (TPSA) is 38.4 Å². The minimum atomic E-state index is 0.142. The highest BCUT2D eigenvalue weighted by molar-refractivity contribution is 6.36. The third kappa shape index (κ3) is 5.50. The summed E-state index contributed by atoms with van der Waals surface area (Å²) in [5.74, 6) is 2.12. The van der Waals surface area contributed by atoms with Crippen molar-refractivity contribution < 1.29 is 4.79 Å². The molecule has 2 unspecified atom stereocenters. The highest BCUT2D eigenvalue weighted by atomic mass is 16.1. The molecule has 1 saturated heterocycles. The summed E-state index contributed by atoms with van der Waals surface area (Å²) >= 11 is 0. The van der Waals surface area contributed by atoms with Crippen molar-refractivity contribution in [3.8, 4) is 0 Å². The Morgan fingerprint density at radius 3 is 2.07 bits per heavy atom. The Kier molecular flexibility index (Phi) is 8.70. The lowest BCUT2D eigenvalue weighted by Crippen LogP contribution is -2.15. The Balaban J connectivity index is 1.15. The predicted molar refractivity (Wildman–Crippen MR) is 283 cm³/mol. The van der Waals surface area contributed by atoms with Gasteiger partial charge in [-0.2, -0.15) is 0 Å². The molecule has 3 fully saturated rings. The molecule has 6 aromatic carbocycles. The average molecular weight is 886 g/mol. The molecule has 2 atom stereocenters. The molecule has 16 rings (SSSR count). The molecule has 0 spiro atoms. The smallest absolute Gasteiger partial charge is 0.166 e. The molecule has 0 amide bonds. The van der Waals surface area contributed by atoms with Gasteiger partial charge in [-0.25, -0.2) is 0 Å². The Labute approximate surface area is 398 Å². The van der Waals surface area contributed by atoms with Gasteiger partial charge >= 0.3 is 0 Å². The molecule has 2 aliphatic heterocycles. The van der Waals surface area contributed by atoms with E-state index >= 15 is 0 Å². The van der Waals surface area contributed by atoms with Gasteiger partial charge < -0.3 is 14.3 Å². The summed E-state index contributed by atoms with van der Waals surface area (Å²) in [6.07, 6.45) is 20.7. The second-order valence-corrected chi connectivity index (χ2v) is 21.9. The van der Waals surface area contributed by atoms with Gasteiger partial charge in [0.1, 0.15) is 0 Å². The van der Waals surface area contributed by atoms with Gasteiger partial charge in [0.2, 0.25) is 0 Å². The van der Waals surface area contributed by atoms with Crippen molar-refractivity contribution in [2.75, 3.05) is 0 Å². The fourth-order valence-corrected chi connectivity index (χ4v) is 15.3. The summed E-state index contributed by atoms with van der Waals surface area (Å²) in [4.78, 5) is 14.6. The van der Waals surface area contributed by atoms with E-state index in [4.69, 9.17) is 0 Å². The van der Waals surface area contributed by atoms with Gasteiger partial charge in [-0.05, 0) is 183 Å². The summed E-state index contributed by atoms with van der Waals surface area (Å²) in [5, 5.41) is 12.4. The van der Waals surface area contributed by atoms with Crippen LogP contribution >= 0.6 is 0 Å². The Morgan fingerprint density at radius 1 is 0.603 bits per heavy atom. The number of benzene rings is 6. The molecular formula is C64H59N3O. The van der Waals surface area contributed by atoms with Crippen molar-refractivity contribution in [3.63, 3.8) is 0 Å². The average Bonchev–Trinajstić information content (AvgIpc) is 3.99. The number of Topliss-reactive ketones (excluding diaryl/α,β-unsaturated/α-hetero) is 1. The van der Waals surface area contributed by atoms with Crippen LogP contribution in [0.1, 0.15) is 163 Å². The van der Waals surface area contributed by atoms with Gasteiger partial charge in [0.25, 0.3) is 0 Å². The van der Waals surface area contributed by atoms with Crippen molar-refractivity contribution in [1.29, 1.82) is 0 Å². The van der Waals surface area contributed by atoms with E-state index in [0.717, 1.165) is 44.1 Å². The quantitative estimate of drug-likeness (QED) is 0.175. The van der Waals surface area contributed by atoms with Crippen LogP contribution in [0.5, 0.6) is 0 Å². The maximum absolute atomic E-state index is 14.6. The molecule has 1 N–H and O–H groups in total. The molecule has 3 aromatic heterocycles. The SMILES string of the molecule is C=CC1CCC(c2cc3c4cc5c6c7c(ccc6n(C6=C(c8ccccc8)CCC=C6c6ccccc6)c5c5c6cc8c(cc6n(c3cc2C)c45)C(=O)C2CCC8CC2)C2CCCCC7N2)CC1. The lowest BCUT2D eigenvalue weighted by molar-refractivity contribution is 0.0898. The van der Waals surface area contributed by atoms with Crippen LogP contribution in [0.2, 0.25) is 0 Å². The number of hydrogen-bond acceptors (Lipinski definition) is 2. The first-order valence-corrected chi connectivity index (χ1v) is 26.3. The largest absolute Gasteiger partial charge is 0.308 e. The van der Waals surface area contributed by atoms with Crippen LogP contribution in [0, 0.1) is 18.8 Å². The zero-order chi connectivity index (χ0) is 44.9. The summed E-state index contributed by atoms with van der Waals surface area (Å²) in [6, 6.07) is 40.9. The number of nitrogens with zero attached hydrogens (tertiary/aromatic N) is 2. The Bertz CT molecular complexity index is 3680. The second-order valence-electron chi connectivity index (χ2n) is 21.9. The van der Waals surface area contributed by atoms with E-state index in [-0.39, 0.29) is 5.92 Å². The molecule has 5 heterocycles. The van der Waals surface area contributed by atoms with E-state index in [1.807, 2.05) is 0 Å². The number of fused-ring (bicyclic) bond motifs is 18. The number of carbonyl (C=O) groups excluding carboxylic acids is 1. The molecule has 0 radical (unpaired) electrons. The summed E-state index contributed by atoms with van der Waals surface area (Å²) in [6.45, 7) is 6.55. The number of allylic oxidation sites excluding steroid dienone is 5. The number of aromatic nitrogens is 2. The minimum Gasteiger partial charge on any atom is -0.308 e. The van der Waals surface area contributed by atoms with Crippen molar-refractivity contribution in [1.82, 2.24) is 14.3 Å². The molecule has 9 aromatic rings. The summed E-state index contributed by atoms with van der Waals surface area (Å²) in [5.41, 5.74) is 21.2.